The van der Waals surface area contributed by atoms with Crippen molar-refractivity contribution in [3.63, 3.8) is 0 Å². The zero-order valence-corrected chi connectivity index (χ0v) is 24.1. The van der Waals surface area contributed by atoms with Crippen molar-refractivity contribution in [2.24, 2.45) is 0 Å². The monoisotopic (exact) mass is 574 g/mol. The fraction of sp³-hybridized carbons (Fsp3) is 0.300. The third kappa shape index (κ3) is 5.27. The molecule has 0 aliphatic carbocycles. The molecular weight excluding hydrogens is 544 g/mol. The molecule has 10 heteroatoms. The minimum atomic E-state index is -0.102. The number of carbonyl (C=O) groups is 1. The average Bonchev–Trinajstić information content (AvgIpc) is 3.70. The van der Waals surface area contributed by atoms with Crippen LogP contribution in [-0.2, 0) is 4.74 Å². The van der Waals surface area contributed by atoms with Crippen LogP contribution in [0.5, 0.6) is 11.5 Å². The molecule has 0 radical (unpaired) electrons. The highest BCUT2D eigenvalue weighted by molar-refractivity contribution is 7.22. The number of anilines is 1. The first-order chi connectivity index (χ1) is 19.7. The molecule has 0 saturated carbocycles. The molecule has 1 fully saturated rings. The lowest BCUT2D eigenvalue weighted by Gasteiger charge is -2.28. The van der Waals surface area contributed by atoms with Gasteiger partial charge in [-0.05, 0) is 42.1 Å². The van der Waals surface area contributed by atoms with Crippen LogP contribution in [0.1, 0.15) is 16.8 Å². The van der Waals surface area contributed by atoms with E-state index in [1.54, 1.807) is 25.6 Å². The molecule has 5 aromatic rings. The van der Waals surface area contributed by atoms with E-state index in [2.05, 4.69) is 4.90 Å². The normalized spacial score (nSPS) is 14.1. The van der Waals surface area contributed by atoms with Gasteiger partial charge in [-0.1, -0.05) is 35.6 Å². The van der Waals surface area contributed by atoms with Crippen molar-refractivity contribution in [3.05, 3.63) is 65.5 Å². The highest BCUT2D eigenvalue weighted by Gasteiger charge is 2.26. The topological polar surface area (TPSA) is 77.0 Å². The lowest BCUT2D eigenvalue weighted by molar-refractivity contribution is 0.0376. The Hall–Kier alpha value is -3.57. The number of aromatic nitrogens is 2. The van der Waals surface area contributed by atoms with Crippen LogP contribution in [0.4, 0.5) is 5.13 Å². The molecule has 4 heterocycles. The Balaban J connectivity index is 1.43. The van der Waals surface area contributed by atoms with Gasteiger partial charge in [0.25, 0.3) is 5.91 Å². The summed E-state index contributed by atoms with van der Waals surface area (Å²) in [4.78, 5) is 29.5. The van der Waals surface area contributed by atoms with Gasteiger partial charge in [-0.25, -0.2) is 9.97 Å². The number of thiophene rings is 1. The SMILES string of the molecule is COc1ccc(OC)c2sc(N(CCCN3CCOCC3)C(=O)c3cc(-c4cccs4)nc4ccccc34)nc12. The van der Waals surface area contributed by atoms with Crippen molar-refractivity contribution in [1.82, 2.24) is 14.9 Å². The number of para-hydroxylation sites is 1. The van der Waals surface area contributed by atoms with Crippen molar-refractivity contribution in [2.45, 2.75) is 6.42 Å². The maximum Gasteiger partial charge on any atom is 0.260 e. The Labute approximate surface area is 240 Å². The van der Waals surface area contributed by atoms with E-state index in [9.17, 15) is 4.79 Å². The highest BCUT2D eigenvalue weighted by Crippen LogP contribution is 2.41. The first-order valence-electron chi connectivity index (χ1n) is 13.2. The van der Waals surface area contributed by atoms with Crippen molar-refractivity contribution in [2.75, 3.05) is 58.5 Å². The van der Waals surface area contributed by atoms with Crippen LogP contribution in [0, 0.1) is 0 Å². The van der Waals surface area contributed by atoms with Crippen LogP contribution < -0.4 is 14.4 Å². The number of carbonyl (C=O) groups excluding carboxylic acids is 1. The molecule has 8 nitrogen and oxygen atoms in total. The van der Waals surface area contributed by atoms with Crippen LogP contribution in [0.2, 0.25) is 0 Å². The minimum Gasteiger partial charge on any atom is -0.495 e. The summed E-state index contributed by atoms with van der Waals surface area (Å²) < 4.78 is 17.6. The second kappa shape index (κ2) is 11.9. The molecule has 0 N–H and O–H groups in total. The number of hydrogen-bond acceptors (Lipinski definition) is 9. The zero-order chi connectivity index (χ0) is 27.5. The molecule has 2 aromatic carbocycles. The van der Waals surface area contributed by atoms with Gasteiger partial charge in [0.2, 0.25) is 0 Å². The molecule has 206 valence electrons. The second-order valence-electron chi connectivity index (χ2n) is 9.46. The molecule has 0 unspecified atom stereocenters. The molecule has 3 aromatic heterocycles. The Kier molecular flexibility index (Phi) is 7.92. The van der Waals surface area contributed by atoms with Crippen molar-refractivity contribution < 1.29 is 19.0 Å². The van der Waals surface area contributed by atoms with Crippen LogP contribution in [0.3, 0.4) is 0 Å². The van der Waals surface area contributed by atoms with Gasteiger partial charge < -0.3 is 14.2 Å². The highest BCUT2D eigenvalue weighted by atomic mass is 32.1. The van der Waals surface area contributed by atoms with Crippen molar-refractivity contribution in [3.8, 4) is 22.1 Å². The first-order valence-corrected chi connectivity index (χ1v) is 14.9. The number of amides is 1. The number of benzene rings is 2. The predicted molar refractivity (Wildman–Crippen MR) is 161 cm³/mol. The summed E-state index contributed by atoms with van der Waals surface area (Å²) in [6, 6.07) is 17.5. The van der Waals surface area contributed by atoms with Gasteiger partial charge in [0.05, 0.1) is 49.1 Å². The molecule has 6 rings (SSSR count). The van der Waals surface area contributed by atoms with Gasteiger partial charge >= 0.3 is 0 Å². The van der Waals surface area contributed by atoms with E-state index in [0.717, 1.165) is 65.4 Å². The summed E-state index contributed by atoms with van der Waals surface area (Å²) in [5.41, 5.74) is 2.88. The quantitative estimate of drug-likeness (QED) is 0.215. The zero-order valence-electron chi connectivity index (χ0n) is 22.5. The first kappa shape index (κ1) is 26.6. The summed E-state index contributed by atoms with van der Waals surface area (Å²) in [5, 5.41) is 3.46. The second-order valence-corrected chi connectivity index (χ2v) is 11.4. The van der Waals surface area contributed by atoms with Gasteiger partial charge in [0.1, 0.15) is 21.7 Å². The number of thiazole rings is 1. The molecule has 40 heavy (non-hydrogen) atoms. The van der Waals surface area contributed by atoms with E-state index in [0.29, 0.717) is 34.3 Å². The molecule has 1 aliphatic heterocycles. The molecule has 0 bridgehead atoms. The number of nitrogens with zero attached hydrogens (tertiary/aromatic N) is 4. The molecule has 1 saturated heterocycles. The number of methoxy groups -OCH3 is 2. The van der Waals surface area contributed by atoms with E-state index in [1.165, 1.54) is 11.3 Å². The molecule has 0 spiro atoms. The van der Waals surface area contributed by atoms with Crippen LogP contribution in [-0.4, -0.2) is 74.4 Å². The van der Waals surface area contributed by atoms with E-state index in [-0.39, 0.29) is 5.91 Å². The third-order valence-corrected chi connectivity index (χ3v) is 9.04. The summed E-state index contributed by atoms with van der Waals surface area (Å²) >= 11 is 3.05. The van der Waals surface area contributed by atoms with E-state index >= 15 is 0 Å². The van der Waals surface area contributed by atoms with Gasteiger partial charge in [-0.3, -0.25) is 14.6 Å². The number of fused-ring (bicyclic) bond motifs is 2. The van der Waals surface area contributed by atoms with Gasteiger partial charge in [-0.15, -0.1) is 11.3 Å². The summed E-state index contributed by atoms with van der Waals surface area (Å²) in [6.07, 6.45) is 0.802. The van der Waals surface area contributed by atoms with E-state index < -0.39 is 0 Å². The van der Waals surface area contributed by atoms with E-state index in [1.807, 2.05) is 64.9 Å². The number of pyridine rings is 1. The summed E-state index contributed by atoms with van der Waals surface area (Å²) in [6.45, 7) is 4.70. The van der Waals surface area contributed by atoms with Crippen LogP contribution >= 0.6 is 22.7 Å². The van der Waals surface area contributed by atoms with Crippen LogP contribution in [0.25, 0.3) is 31.7 Å². The number of morpholine rings is 1. The predicted octanol–water partition coefficient (Wildman–Crippen LogP) is 5.96. The average molecular weight is 575 g/mol. The Morgan fingerprint density at radius 2 is 1.82 bits per heavy atom. The number of rotatable bonds is 9. The molecule has 1 amide bonds. The molecule has 0 atom stereocenters. The lowest BCUT2D eigenvalue weighted by atomic mass is 10.1. The summed E-state index contributed by atoms with van der Waals surface area (Å²) in [5.74, 6) is 1.25. The maximum atomic E-state index is 14.5. The van der Waals surface area contributed by atoms with Gasteiger partial charge in [0, 0.05) is 31.6 Å². The number of ether oxygens (including phenoxy) is 3. The summed E-state index contributed by atoms with van der Waals surface area (Å²) in [7, 11) is 3.27. The Bertz CT molecular complexity index is 1590. The number of hydrogen-bond donors (Lipinski definition) is 0. The minimum absolute atomic E-state index is 0.102. The van der Waals surface area contributed by atoms with Gasteiger partial charge in [0.15, 0.2) is 5.13 Å². The smallest absolute Gasteiger partial charge is 0.260 e. The Morgan fingerprint density at radius 3 is 2.60 bits per heavy atom. The fourth-order valence-corrected chi connectivity index (χ4v) is 6.78. The fourth-order valence-electron chi connectivity index (χ4n) is 5.00. The maximum absolute atomic E-state index is 14.5. The third-order valence-electron chi connectivity index (χ3n) is 7.06. The standard InChI is InChI=1S/C30H30N4O4S2/c1-36-24-10-11-25(37-2)28-27(24)32-30(40-28)34(13-6-12-33-14-16-38-17-15-33)29(35)21-19-23(26-9-5-18-39-26)31-22-8-4-3-7-20(21)22/h3-5,7-11,18-19H,6,12-17H2,1-2H3. The van der Waals surface area contributed by atoms with E-state index in [4.69, 9.17) is 24.2 Å². The largest absolute Gasteiger partial charge is 0.495 e. The van der Waals surface area contributed by atoms with Crippen LogP contribution in [0.15, 0.2) is 60.0 Å². The lowest BCUT2D eigenvalue weighted by Crippen LogP contribution is -2.39. The van der Waals surface area contributed by atoms with Crippen molar-refractivity contribution >= 4 is 54.8 Å². The molecule has 1 aliphatic rings. The molecular formula is C30H30N4O4S2. The van der Waals surface area contributed by atoms with Crippen molar-refractivity contribution in [1.29, 1.82) is 0 Å². The Morgan fingerprint density at radius 1 is 1.02 bits per heavy atom. The van der Waals surface area contributed by atoms with Gasteiger partial charge in [-0.2, -0.15) is 0 Å².